The fourth-order valence-electron chi connectivity index (χ4n) is 2.29. The van der Waals surface area contributed by atoms with Gasteiger partial charge in [-0.1, -0.05) is 17.7 Å². The Labute approximate surface area is 120 Å². The minimum Gasteiger partial charge on any atom is -0.327 e. The van der Waals surface area contributed by atoms with Crippen LogP contribution in [0, 0.1) is 0 Å². The molecule has 2 N–H and O–H groups in total. The molecule has 3 nitrogen and oxygen atoms in total. The van der Waals surface area contributed by atoms with Crippen molar-refractivity contribution >= 4 is 34.0 Å². The summed E-state index contributed by atoms with van der Waals surface area (Å²) >= 11 is 7.68. The molecule has 0 fully saturated rings. The van der Waals surface area contributed by atoms with Crippen LogP contribution in [-0.2, 0) is 6.54 Å². The lowest BCUT2D eigenvalue weighted by molar-refractivity contribution is 0.677. The molecule has 0 aliphatic rings. The first-order valence-electron chi connectivity index (χ1n) is 6.15. The first kappa shape index (κ1) is 12.7. The second-order valence-corrected chi connectivity index (χ2v) is 5.76. The van der Waals surface area contributed by atoms with Crippen molar-refractivity contribution in [2.75, 3.05) is 0 Å². The van der Waals surface area contributed by atoms with E-state index in [1.54, 1.807) is 11.3 Å². The molecule has 5 heteroatoms. The third-order valence-electron chi connectivity index (χ3n) is 3.18. The number of benzene rings is 1. The highest BCUT2D eigenvalue weighted by Gasteiger charge is 2.18. The summed E-state index contributed by atoms with van der Waals surface area (Å²) in [6.07, 6.45) is 0. The van der Waals surface area contributed by atoms with Gasteiger partial charge in [-0.3, -0.25) is 0 Å². The fourth-order valence-corrected chi connectivity index (χ4v) is 3.18. The Kier molecular flexibility index (Phi) is 3.31. The second kappa shape index (κ2) is 4.96. The van der Waals surface area contributed by atoms with Gasteiger partial charge < -0.3 is 10.3 Å². The minimum atomic E-state index is -0.189. The van der Waals surface area contributed by atoms with Gasteiger partial charge in [-0.15, -0.1) is 11.3 Å². The number of thiophene rings is 1. The lowest BCUT2D eigenvalue weighted by atomic mass is 10.2. The number of nitrogens with zero attached hydrogens (tertiary/aromatic N) is 2. The SMILES string of the molecule is CCn1c(C(N)c2cccs2)nc2cc(Cl)ccc21. The van der Waals surface area contributed by atoms with Crippen LogP contribution >= 0.6 is 22.9 Å². The van der Waals surface area contributed by atoms with Crippen LogP contribution in [0.2, 0.25) is 5.02 Å². The molecule has 0 saturated heterocycles. The number of halogens is 1. The van der Waals surface area contributed by atoms with Crippen molar-refractivity contribution in [3.05, 3.63) is 51.4 Å². The number of nitrogens with two attached hydrogens (primary N) is 1. The Balaban J connectivity index is 2.17. The predicted octanol–water partition coefficient (Wildman–Crippen LogP) is 3.82. The zero-order valence-electron chi connectivity index (χ0n) is 10.5. The van der Waals surface area contributed by atoms with Crippen molar-refractivity contribution in [1.29, 1.82) is 0 Å². The molecule has 0 spiro atoms. The van der Waals surface area contributed by atoms with Crippen LogP contribution in [0.1, 0.15) is 23.7 Å². The Morgan fingerprint density at radius 2 is 2.26 bits per heavy atom. The number of aromatic nitrogens is 2. The van der Waals surface area contributed by atoms with E-state index in [1.165, 1.54) is 0 Å². The first-order valence-corrected chi connectivity index (χ1v) is 7.41. The van der Waals surface area contributed by atoms with Gasteiger partial charge in [-0.2, -0.15) is 0 Å². The van der Waals surface area contributed by atoms with Crippen LogP contribution in [0.3, 0.4) is 0 Å². The minimum absolute atomic E-state index is 0.189. The van der Waals surface area contributed by atoms with Crippen LogP contribution < -0.4 is 5.73 Å². The number of imidazole rings is 1. The second-order valence-electron chi connectivity index (χ2n) is 4.34. The number of rotatable bonds is 3. The highest BCUT2D eigenvalue weighted by Crippen LogP contribution is 2.27. The molecule has 1 aromatic carbocycles. The summed E-state index contributed by atoms with van der Waals surface area (Å²) in [5.41, 5.74) is 8.31. The highest BCUT2D eigenvalue weighted by atomic mass is 35.5. The van der Waals surface area contributed by atoms with E-state index < -0.39 is 0 Å². The third kappa shape index (κ3) is 2.16. The van der Waals surface area contributed by atoms with Crippen LogP contribution in [0.5, 0.6) is 0 Å². The van der Waals surface area contributed by atoms with E-state index in [0.717, 1.165) is 28.3 Å². The molecule has 0 aliphatic heterocycles. The van der Waals surface area contributed by atoms with E-state index in [-0.39, 0.29) is 6.04 Å². The monoisotopic (exact) mass is 291 g/mol. The number of aryl methyl sites for hydroxylation is 1. The quantitative estimate of drug-likeness (QED) is 0.797. The molecule has 1 atom stereocenters. The molecule has 3 aromatic rings. The van der Waals surface area contributed by atoms with E-state index in [2.05, 4.69) is 16.5 Å². The van der Waals surface area contributed by atoms with Gasteiger partial charge in [0.05, 0.1) is 17.1 Å². The van der Waals surface area contributed by atoms with Crippen molar-refractivity contribution in [1.82, 2.24) is 9.55 Å². The lowest BCUT2D eigenvalue weighted by Crippen LogP contribution is -2.16. The summed E-state index contributed by atoms with van der Waals surface area (Å²) < 4.78 is 2.15. The summed E-state index contributed by atoms with van der Waals surface area (Å²) in [6, 6.07) is 9.63. The van der Waals surface area contributed by atoms with E-state index in [1.807, 2.05) is 35.7 Å². The van der Waals surface area contributed by atoms with Crippen molar-refractivity contribution < 1.29 is 0 Å². The predicted molar refractivity (Wildman–Crippen MR) is 80.8 cm³/mol. The van der Waals surface area contributed by atoms with E-state index >= 15 is 0 Å². The van der Waals surface area contributed by atoms with Gasteiger partial charge in [-0.05, 0) is 36.6 Å². The Bertz CT molecular complexity index is 703. The summed E-state index contributed by atoms with van der Waals surface area (Å²) in [4.78, 5) is 5.78. The summed E-state index contributed by atoms with van der Waals surface area (Å²) in [6.45, 7) is 2.94. The van der Waals surface area contributed by atoms with Gasteiger partial charge in [0.2, 0.25) is 0 Å². The number of hydrogen-bond acceptors (Lipinski definition) is 3. The normalized spacial score (nSPS) is 13.0. The fraction of sp³-hybridized carbons (Fsp3) is 0.214. The summed E-state index contributed by atoms with van der Waals surface area (Å²) in [7, 11) is 0. The molecule has 19 heavy (non-hydrogen) atoms. The van der Waals surface area contributed by atoms with Crippen LogP contribution in [0.4, 0.5) is 0 Å². The van der Waals surface area contributed by atoms with Gasteiger partial charge in [-0.25, -0.2) is 4.98 Å². The molecule has 2 aromatic heterocycles. The molecule has 0 radical (unpaired) electrons. The maximum absolute atomic E-state index is 6.33. The largest absolute Gasteiger partial charge is 0.327 e. The van der Waals surface area contributed by atoms with Crippen LogP contribution in [-0.4, -0.2) is 9.55 Å². The molecule has 0 saturated carbocycles. The topological polar surface area (TPSA) is 43.8 Å². The molecule has 1 unspecified atom stereocenters. The van der Waals surface area contributed by atoms with E-state index in [4.69, 9.17) is 17.3 Å². The number of fused-ring (bicyclic) bond motifs is 1. The highest BCUT2D eigenvalue weighted by molar-refractivity contribution is 7.10. The zero-order valence-corrected chi connectivity index (χ0v) is 12.1. The molecule has 2 heterocycles. The smallest absolute Gasteiger partial charge is 0.132 e. The lowest BCUT2D eigenvalue weighted by Gasteiger charge is -2.11. The van der Waals surface area contributed by atoms with Crippen molar-refractivity contribution in [2.45, 2.75) is 19.5 Å². The molecular formula is C14H14ClN3S. The Morgan fingerprint density at radius 1 is 1.42 bits per heavy atom. The van der Waals surface area contributed by atoms with E-state index in [0.29, 0.717) is 5.02 Å². The molecule has 98 valence electrons. The molecular weight excluding hydrogens is 278 g/mol. The molecule has 0 bridgehead atoms. The zero-order chi connectivity index (χ0) is 13.4. The molecule has 3 rings (SSSR count). The van der Waals surface area contributed by atoms with Crippen molar-refractivity contribution in [3.8, 4) is 0 Å². The third-order valence-corrected chi connectivity index (χ3v) is 4.37. The average Bonchev–Trinajstić information content (AvgIpc) is 3.04. The maximum Gasteiger partial charge on any atom is 0.132 e. The number of hydrogen-bond donors (Lipinski definition) is 1. The van der Waals surface area contributed by atoms with Gasteiger partial charge in [0, 0.05) is 16.4 Å². The van der Waals surface area contributed by atoms with Gasteiger partial charge >= 0.3 is 0 Å². The van der Waals surface area contributed by atoms with Gasteiger partial charge in [0.15, 0.2) is 0 Å². The summed E-state index contributed by atoms with van der Waals surface area (Å²) in [5, 5.41) is 2.73. The van der Waals surface area contributed by atoms with Gasteiger partial charge in [0.25, 0.3) is 0 Å². The van der Waals surface area contributed by atoms with Crippen molar-refractivity contribution in [3.63, 3.8) is 0 Å². The Morgan fingerprint density at radius 3 is 2.95 bits per heavy atom. The first-order chi connectivity index (χ1) is 9.20. The maximum atomic E-state index is 6.33. The standard InChI is InChI=1S/C14H14ClN3S/c1-2-18-11-6-5-9(15)8-10(11)17-14(18)13(16)12-4-3-7-19-12/h3-8,13H,2,16H2,1H3. The van der Waals surface area contributed by atoms with Crippen LogP contribution in [0.25, 0.3) is 11.0 Å². The van der Waals surface area contributed by atoms with Crippen LogP contribution in [0.15, 0.2) is 35.7 Å². The van der Waals surface area contributed by atoms with Gasteiger partial charge in [0.1, 0.15) is 5.82 Å². The molecule has 0 aliphatic carbocycles. The molecule has 0 amide bonds. The average molecular weight is 292 g/mol. The Hall–Kier alpha value is -1.36. The van der Waals surface area contributed by atoms with Crippen molar-refractivity contribution in [2.24, 2.45) is 5.73 Å². The summed E-state index contributed by atoms with van der Waals surface area (Å²) in [5.74, 6) is 0.891. The van der Waals surface area contributed by atoms with E-state index in [9.17, 15) is 0 Å².